The molecular weight excluding hydrogens is 326 g/mol. The van der Waals surface area contributed by atoms with Crippen molar-refractivity contribution in [3.8, 4) is 0 Å². The van der Waals surface area contributed by atoms with E-state index in [0.717, 1.165) is 38.4 Å². The Balaban J connectivity index is 1.31. The Kier molecular flexibility index (Phi) is 6.44. The van der Waals surface area contributed by atoms with Crippen LogP contribution in [0.3, 0.4) is 0 Å². The second-order valence-corrected chi connectivity index (χ2v) is 6.59. The maximum Gasteiger partial charge on any atom is 0.315 e. The molecule has 2 N–H and O–H groups in total. The highest BCUT2D eigenvalue weighted by molar-refractivity contribution is 5.73. The number of rotatable bonds is 6. The van der Waals surface area contributed by atoms with Gasteiger partial charge in [-0.05, 0) is 31.2 Å². The van der Waals surface area contributed by atoms with E-state index < -0.39 is 0 Å². The molecule has 3 rings (SSSR count). The minimum Gasteiger partial charge on any atom is -0.369 e. The van der Waals surface area contributed by atoms with Crippen LogP contribution in [-0.2, 0) is 6.54 Å². The third-order valence-electron chi connectivity index (χ3n) is 4.64. The molecule has 2 aromatic rings. The van der Waals surface area contributed by atoms with Gasteiger partial charge < -0.3 is 15.5 Å². The standard InChI is InChI=1S/C20H27N5O/c1-17-5-7-19(8-6-17)25-14-12-24(13-15-25)11-10-22-20(26)23-16-18-4-2-3-9-21-18/h2-9H,10-16H2,1H3,(H2,22,23,26). The average molecular weight is 353 g/mol. The first-order valence-corrected chi connectivity index (χ1v) is 9.16. The molecule has 26 heavy (non-hydrogen) atoms. The summed E-state index contributed by atoms with van der Waals surface area (Å²) in [7, 11) is 0. The van der Waals surface area contributed by atoms with Crippen LogP contribution < -0.4 is 15.5 Å². The maximum atomic E-state index is 11.8. The molecule has 6 heteroatoms. The number of benzene rings is 1. The zero-order valence-electron chi connectivity index (χ0n) is 15.3. The van der Waals surface area contributed by atoms with Crippen molar-refractivity contribution < 1.29 is 4.79 Å². The molecule has 6 nitrogen and oxygen atoms in total. The molecule has 1 aliphatic rings. The molecule has 138 valence electrons. The predicted octanol–water partition coefficient (Wildman–Crippen LogP) is 2.01. The molecule has 0 atom stereocenters. The van der Waals surface area contributed by atoms with Crippen molar-refractivity contribution in [1.29, 1.82) is 0 Å². The Morgan fingerprint density at radius 2 is 1.81 bits per heavy atom. The molecule has 1 saturated heterocycles. The number of carbonyl (C=O) groups is 1. The fourth-order valence-electron chi connectivity index (χ4n) is 3.05. The van der Waals surface area contributed by atoms with Crippen LogP contribution in [0, 0.1) is 6.92 Å². The summed E-state index contributed by atoms with van der Waals surface area (Å²) in [4.78, 5) is 20.8. The lowest BCUT2D eigenvalue weighted by atomic mass is 10.2. The molecule has 0 saturated carbocycles. The largest absolute Gasteiger partial charge is 0.369 e. The van der Waals surface area contributed by atoms with Crippen LogP contribution in [0.25, 0.3) is 0 Å². The normalized spacial score (nSPS) is 14.9. The van der Waals surface area contributed by atoms with Crippen LogP contribution in [0.4, 0.5) is 10.5 Å². The van der Waals surface area contributed by atoms with E-state index in [1.165, 1.54) is 11.3 Å². The van der Waals surface area contributed by atoms with Crippen LogP contribution in [0.15, 0.2) is 48.7 Å². The summed E-state index contributed by atoms with van der Waals surface area (Å²) in [5.41, 5.74) is 3.44. The van der Waals surface area contributed by atoms with Gasteiger partial charge in [0.15, 0.2) is 0 Å². The van der Waals surface area contributed by atoms with Crippen molar-refractivity contribution in [1.82, 2.24) is 20.5 Å². The number of nitrogens with one attached hydrogen (secondary N) is 2. The van der Waals surface area contributed by atoms with Crippen LogP contribution in [0.2, 0.25) is 0 Å². The van der Waals surface area contributed by atoms with Crippen LogP contribution in [0.5, 0.6) is 0 Å². The van der Waals surface area contributed by atoms with E-state index >= 15 is 0 Å². The number of piperazine rings is 1. The molecule has 0 spiro atoms. The highest BCUT2D eigenvalue weighted by Gasteiger charge is 2.16. The van der Waals surface area contributed by atoms with E-state index in [2.05, 4.69) is 56.6 Å². The summed E-state index contributed by atoms with van der Waals surface area (Å²) < 4.78 is 0. The van der Waals surface area contributed by atoms with Crippen LogP contribution in [-0.4, -0.2) is 55.2 Å². The van der Waals surface area contributed by atoms with Crippen molar-refractivity contribution in [3.63, 3.8) is 0 Å². The Morgan fingerprint density at radius 3 is 2.50 bits per heavy atom. The third kappa shape index (κ3) is 5.46. The highest BCUT2D eigenvalue weighted by atomic mass is 16.2. The van der Waals surface area contributed by atoms with Crippen molar-refractivity contribution in [2.24, 2.45) is 0 Å². The number of aryl methyl sites for hydroxylation is 1. The number of urea groups is 1. The number of pyridine rings is 1. The van der Waals surface area contributed by atoms with Gasteiger partial charge in [-0.15, -0.1) is 0 Å². The zero-order valence-corrected chi connectivity index (χ0v) is 15.3. The lowest BCUT2D eigenvalue weighted by molar-refractivity contribution is 0.231. The monoisotopic (exact) mass is 353 g/mol. The van der Waals surface area contributed by atoms with E-state index in [4.69, 9.17) is 0 Å². The van der Waals surface area contributed by atoms with Gasteiger partial charge in [0.25, 0.3) is 0 Å². The van der Waals surface area contributed by atoms with Gasteiger partial charge in [0.2, 0.25) is 0 Å². The SMILES string of the molecule is Cc1ccc(N2CCN(CCNC(=O)NCc3ccccn3)CC2)cc1. The molecule has 1 fully saturated rings. The smallest absolute Gasteiger partial charge is 0.315 e. The number of aromatic nitrogens is 1. The van der Waals surface area contributed by atoms with E-state index in [0.29, 0.717) is 13.1 Å². The molecule has 2 heterocycles. The lowest BCUT2D eigenvalue weighted by Gasteiger charge is -2.36. The number of carbonyl (C=O) groups excluding carboxylic acids is 1. The van der Waals surface area contributed by atoms with Crippen molar-refractivity contribution in [2.45, 2.75) is 13.5 Å². The predicted molar refractivity (Wildman–Crippen MR) is 104 cm³/mol. The van der Waals surface area contributed by atoms with Gasteiger partial charge in [-0.2, -0.15) is 0 Å². The number of hydrogen-bond donors (Lipinski definition) is 2. The molecular formula is C20H27N5O. The van der Waals surface area contributed by atoms with Crippen molar-refractivity contribution in [2.75, 3.05) is 44.2 Å². The first kappa shape index (κ1) is 18.2. The quantitative estimate of drug-likeness (QED) is 0.834. The van der Waals surface area contributed by atoms with E-state index in [1.54, 1.807) is 6.20 Å². The van der Waals surface area contributed by atoms with Crippen LogP contribution in [0.1, 0.15) is 11.3 Å². The van der Waals surface area contributed by atoms with Gasteiger partial charge in [-0.25, -0.2) is 4.79 Å². The van der Waals surface area contributed by atoms with E-state index in [-0.39, 0.29) is 6.03 Å². The molecule has 0 unspecified atom stereocenters. The molecule has 1 aromatic heterocycles. The summed E-state index contributed by atoms with van der Waals surface area (Å²) in [5.74, 6) is 0. The second kappa shape index (κ2) is 9.20. The maximum absolute atomic E-state index is 11.8. The lowest BCUT2D eigenvalue weighted by Crippen LogP contribution is -2.49. The van der Waals surface area contributed by atoms with Gasteiger partial charge in [-0.3, -0.25) is 9.88 Å². The average Bonchev–Trinajstić information content (AvgIpc) is 2.68. The van der Waals surface area contributed by atoms with Gasteiger partial charge in [0.1, 0.15) is 0 Å². The number of hydrogen-bond acceptors (Lipinski definition) is 4. The van der Waals surface area contributed by atoms with E-state index in [1.807, 2.05) is 18.2 Å². The molecule has 1 aromatic carbocycles. The van der Waals surface area contributed by atoms with E-state index in [9.17, 15) is 4.79 Å². The fraction of sp³-hybridized carbons (Fsp3) is 0.400. The van der Waals surface area contributed by atoms with Crippen molar-refractivity contribution in [3.05, 3.63) is 59.9 Å². The Morgan fingerprint density at radius 1 is 1.04 bits per heavy atom. The summed E-state index contributed by atoms with van der Waals surface area (Å²) >= 11 is 0. The first-order valence-electron chi connectivity index (χ1n) is 9.16. The molecule has 0 bridgehead atoms. The molecule has 0 aliphatic carbocycles. The second-order valence-electron chi connectivity index (χ2n) is 6.59. The fourth-order valence-corrected chi connectivity index (χ4v) is 3.05. The van der Waals surface area contributed by atoms with Crippen molar-refractivity contribution >= 4 is 11.7 Å². The van der Waals surface area contributed by atoms with Gasteiger partial charge in [-0.1, -0.05) is 23.8 Å². The molecule has 1 aliphatic heterocycles. The van der Waals surface area contributed by atoms with Gasteiger partial charge in [0.05, 0.1) is 12.2 Å². The summed E-state index contributed by atoms with van der Waals surface area (Å²) in [6.07, 6.45) is 1.73. The topological polar surface area (TPSA) is 60.5 Å². The third-order valence-corrected chi connectivity index (χ3v) is 4.64. The summed E-state index contributed by atoms with van der Waals surface area (Å²) in [6.45, 7) is 8.17. The minimum absolute atomic E-state index is 0.144. The zero-order chi connectivity index (χ0) is 18.2. The summed E-state index contributed by atoms with van der Waals surface area (Å²) in [5, 5.41) is 5.75. The molecule has 2 amide bonds. The van der Waals surface area contributed by atoms with Gasteiger partial charge in [0, 0.05) is 51.2 Å². The number of anilines is 1. The minimum atomic E-state index is -0.144. The number of nitrogens with zero attached hydrogens (tertiary/aromatic N) is 3. The van der Waals surface area contributed by atoms with Crippen LogP contribution >= 0.6 is 0 Å². The molecule has 0 radical (unpaired) electrons. The van der Waals surface area contributed by atoms with Gasteiger partial charge >= 0.3 is 6.03 Å². The Labute approximate surface area is 155 Å². The number of amides is 2. The summed E-state index contributed by atoms with van der Waals surface area (Å²) in [6, 6.07) is 14.2. The Bertz CT molecular complexity index is 681. The first-order chi connectivity index (χ1) is 12.7. The highest BCUT2D eigenvalue weighted by Crippen LogP contribution is 2.16. The Hall–Kier alpha value is -2.60.